The van der Waals surface area contributed by atoms with Gasteiger partial charge in [-0.3, -0.25) is 0 Å². The van der Waals surface area contributed by atoms with Crippen molar-refractivity contribution in [1.82, 2.24) is 5.32 Å². The lowest BCUT2D eigenvalue weighted by Crippen LogP contribution is -2.36. The van der Waals surface area contributed by atoms with E-state index in [4.69, 9.17) is 4.74 Å². The first-order valence-corrected chi connectivity index (χ1v) is 6.27. The fourth-order valence-corrected chi connectivity index (χ4v) is 1.72. The number of ether oxygens (including phenoxy) is 1. The SMILES string of the molecule is CNC(COC(C)(C)C)Cc1cccc(C)c1. The lowest BCUT2D eigenvalue weighted by Gasteiger charge is -2.24. The van der Waals surface area contributed by atoms with Gasteiger partial charge in [0.25, 0.3) is 0 Å². The smallest absolute Gasteiger partial charge is 0.0629 e. The van der Waals surface area contributed by atoms with Gasteiger partial charge in [-0.15, -0.1) is 0 Å². The third kappa shape index (κ3) is 5.85. The molecule has 0 saturated heterocycles. The molecule has 0 aliphatic heterocycles. The van der Waals surface area contributed by atoms with Gasteiger partial charge in [0.05, 0.1) is 12.2 Å². The van der Waals surface area contributed by atoms with Crippen molar-refractivity contribution in [2.24, 2.45) is 0 Å². The summed E-state index contributed by atoms with van der Waals surface area (Å²) < 4.78 is 5.82. The van der Waals surface area contributed by atoms with Gasteiger partial charge < -0.3 is 10.1 Å². The first-order chi connectivity index (χ1) is 7.90. The first-order valence-electron chi connectivity index (χ1n) is 6.27. The monoisotopic (exact) mass is 235 g/mol. The van der Waals surface area contributed by atoms with Crippen LogP contribution in [0.2, 0.25) is 0 Å². The third-order valence-electron chi connectivity index (χ3n) is 2.69. The first kappa shape index (κ1) is 14.2. The number of hydrogen-bond donors (Lipinski definition) is 1. The molecule has 1 rings (SSSR count). The molecule has 0 radical (unpaired) electrons. The van der Waals surface area contributed by atoms with Crippen LogP contribution in [0.4, 0.5) is 0 Å². The fraction of sp³-hybridized carbons (Fsp3) is 0.600. The van der Waals surface area contributed by atoms with Gasteiger partial charge in [0.2, 0.25) is 0 Å². The average molecular weight is 235 g/mol. The summed E-state index contributed by atoms with van der Waals surface area (Å²) in [5, 5.41) is 3.32. The van der Waals surface area contributed by atoms with Crippen LogP contribution in [-0.2, 0) is 11.2 Å². The molecule has 0 fully saturated rings. The highest BCUT2D eigenvalue weighted by molar-refractivity contribution is 5.22. The van der Waals surface area contributed by atoms with Gasteiger partial charge in [0, 0.05) is 6.04 Å². The maximum absolute atomic E-state index is 5.82. The lowest BCUT2D eigenvalue weighted by molar-refractivity contribution is -0.0134. The Hall–Kier alpha value is -0.860. The summed E-state index contributed by atoms with van der Waals surface area (Å²) in [7, 11) is 1.99. The summed E-state index contributed by atoms with van der Waals surface area (Å²) in [5.41, 5.74) is 2.61. The minimum Gasteiger partial charge on any atom is -0.374 e. The largest absolute Gasteiger partial charge is 0.374 e. The maximum atomic E-state index is 5.82. The Morgan fingerprint density at radius 1 is 1.29 bits per heavy atom. The second kappa shape index (κ2) is 6.18. The van der Waals surface area contributed by atoms with E-state index in [1.165, 1.54) is 11.1 Å². The molecule has 1 unspecified atom stereocenters. The summed E-state index contributed by atoms with van der Waals surface area (Å²) in [6, 6.07) is 9.03. The Kier molecular flexibility index (Phi) is 5.16. The highest BCUT2D eigenvalue weighted by Crippen LogP contribution is 2.11. The van der Waals surface area contributed by atoms with E-state index in [9.17, 15) is 0 Å². The summed E-state index contributed by atoms with van der Waals surface area (Å²) in [5.74, 6) is 0. The Morgan fingerprint density at radius 2 is 2.00 bits per heavy atom. The molecule has 1 N–H and O–H groups in total. The topological polar surface area (TPSA) is 21.3 Å². The van der Waals surface area contributed by atoms with Gasteiger partial charge in [-0.1, -0.05) is 29.8 Å². The number of aryl methyl sites for hydroxylation is 1. The predicted octanol–water partition coefficient (Wildman–Crippen LogP) is 2.94. The molecular formula is C15H25NO. The number of nitrogens with one attached hydrogen (secondary N) is 1. The molecule has 0 heterocycles. The molecular weight excluding hydrogens is 210 g/mol. The van der Waals surface area contributed by atoms with E-state index in [0.717, 1.165) is 13.0 Å². The molecule has 1 aromatic carbocycles. The normalized spacial score (nSPS) is 13.7. The Balaban J connectivity index is 2.52. The molecule has 1 aromatic rings. The van der Waals surface area contributed by atoms with Crippen molar-refractivity contribution >= 4 is 0 Å². The maximum Gasteiger partial charge on any atom is 0.0629 e. The number of hydrogen-bond acceptors (Lipinski definition) is 2. The van der Waals surface area contributed by atoms with Crippen molar-refractivity contribution < 1.29 is 4.74 Å². The van der Waals surface area contributed by atoms with Crippen molar-refractivity contribution in [3.63, 3.8) is 0 Å². The van der Waals surface area contributed by atoms with Crippen molar-refractivity contribution in [2.75, 3.05) is 13.7 Å². The molecule has 1 atom stereocenters. The van der Waals surface area contributed by atoms with Crippen molar-refractivity contribution in [3.8, 4) is 0 Å². The van der Waals surface area contributed by atoms with E-state index in [2.05, 4.69) is 57.3 Å². The van der Waals surface area contributed by atoms with E-state index in [1.54, 1.807) is 0 Å². The minimum absolute atomic E-state index is 0.0678. The molecule has 2 nitrogen and oxygen atoms in total. The minimum atomic E-state index is -0.0678. The molecule has 0 spiro atoms. The van der Waals surface area contributed by atoms with Gasteiger partial charge in [-0.05, 0) is 46.7 Å². The van der Waals surface area contributed by atoms with E-state index < -0.39 is 0 Å². The van der Waals surface area contributed by atoms with Gasteiger partial charge >= 0.3 is 0 Å². The highest BCUT2D eigenvalue weighted by atomic mass is 16.5. The number of likely N-dealkylation sites (N-methyl/N-ethyl adjacent to an activating group) is 1. The average Bonchev–Trinajstić information content (AvgIpc) is 2.23. The fourth-order valence-electron chi connectivity index (χ4n) is 1.72. The predicted molar refractivity (Wildman–Crippen MR) is 73.4 cm³/mol. The van der Waals surface area contributed by atoms with Crippen LogP contribution in [0.15, 0.2) is 24.3 Å². The Morgan fingerprint density at radius 3 is 2.53 bits per heavy atom. The van der Waals surface area contributed by atoms with Gasteiger partial charge in [-0.2, -0.15) is 0 Å². The van der Waals surface area contributed by atoms with Crippen LogP contribution in [0.5, 0.6) is 0 Å². The van der Waals surface area contributed by atoms with Crippen LogP contribution < -0.4 is 5.32 Å². The van der Waals surface area contributed by atoms with E-state index in [0.29, 0.717) is 6.04 Å². The zero-order valence-electron chi connectivity index (χ0n) is 11.7. The van der Waals surface area contributed by atoms with E-state index in [-0.39, 0.29) is 5.60 Å². The van der Waals surface area contributed by atoms with Gasteiger partial charge in [-0.25, -0.2) is 0 Å². The second-order valence-corrected chi connectivity index (χ2v) is 5.60. The summed E-state index contributed by atoms with van der Waals surface area (Å²) in [6.45, 7) is 9.14. The molecule has 0 amide bonds. The number of benzene rings is 1. The van der Waals surface area contributed by atoms with Gasteiger partial charge in [0.15, 0.2) is 0 Å². The molecule has 0 aliphatic rings. The Labute approximate surface area is 105 Å². The molecule has 0 aromatic heterocycles. The molecule has 0 bridgehead atoms. The van der Waals surface area contributed by atoms with Crippen LogP contribution in [0.1, 0.15) is 31.9 Å². The molecule has 0 aliphatic carbocycles. The summed E-state index contributed by atoms with van der Waals surface area (Å²) >= 11 is 0. The second-order valence-electron chi connectivity index (χ2n) is 5.60. The zero-order valence-corrected chi connectivity index (χ0v) is 11.7. The molecule has 2 heteroatoms. The van der Waals surface area contributed by atoms with Crippen molar-refractivity contribution in [2.45, 2.75) is 45.8 Å². The van der Waals surface area contributed by atoms with Crippen LogP contribution in [0, 0.1) is 6.92 Å². The highest BCUT2D eigenvalue weighted by Gasteiger charge is 2.14. The van der Waals surface area contributed by atoms with Crippen LogP contribution in [0.25, 0.3) is 0 Å². The van der Waals surface area contributed by atoms with E-state index >= 15 is 0 Å². The molecule has 96 valence electrons. The molecule has 17 heavy (non-hydrogen) atoms. The van der Waals surface area contributed by atoms with Crippen molar-refractivity contribution in [3.05, 3.63) is 35.4 Å². The quantitative estimate of drug-likeness (QED) is 0.847. The van der Waals surface area contributed by atoms with Gasteiger partial charge in [0.1, 0.15) is 0 Å². The Bertz CT molecular complexity index is 341. The summed E-state index contributed by atoms with van der Waals surface area (Å²) in [4.78, 5) is 0. The lowest BCUT2D eigenvalue weighted by atomic mass is 10.0. The van der Waals surface area contributed by atoms with Crippen LogP contribution in [-0.4, -0.2) is 25.3 Å². The number of rotatable bonds is 5. The van der Waals surface area contributed by atoms with Crippen molar-refractivity contribution in [1.29, 1.82) is 0 Å². The molecule has 0 saturated carbocycles. The van der Waals surface area contributed by atoms with Crippen LogP contribution >= 0.6 is 0 Å². The van der Waals surface area contributed by atoms with E-state index in [1.807, 2.05) is 7.05 Å². The standard InChI is InChI=1S/C15H25NO/c1-12-7-6-8-13(9-12)10-14(16-5)11-17-15(2,3)4/h6-9,14,16H,10-11H2,1-5H3. The zero-order chi connectivity index (χ0) is 12.9. The van der Waals surface area contributed by atoms with Crippen LogP contribution in [0.3, 0.4) is 0 Å². The third-order valence-corrected chi connectivity index (χ3v) is 2.69. The summed E-state index contributed by atoms with van der Waals surface area (Å²) in [6.07, 6.45) is 1.01.